The van der Waals surface area contributed by atoms with Crippen molar-refractivity contribution < 1.29 is 9.53 Å². The highest BCUT2D eigenvalue weighted by Crippen LogP contribution is 2.21. The summed E-state index contributed by atoms with van der Waals surface area (Å²) in [7, 11) is 0. The van der Waals surface area contributed by atoms with Crippen LogP contribution in [0.25, 0.3) is 0 Å². The van der Waals surface area contributed by atoms with Crippen molar-refractivity contribution in [2.45, 2.75) is 6.92 Å². The number of carbonyl (C=O) groups is 1. The maximum absolute atomic E-state index is 11.9. The lowest BCUT2D eigenvalue weighted by Crippen LogP contribution is -2.17. The van der Waals surface area contributed by atoms with Crippen molar-refractivity contribution in [3.05, 3.63) is 62.5 Å². The molecule has 0 saturated heterocycles. The van der Waals surface area contributed by atoms with Gasteiger partial charge in [0.2, 0.25) is 0 Å². The van der Waals surface area contributed by atoms with Gasteiger partial charge in [-0.15, -0.1) is 0 Å². The normalized spacial score (nSPS) is 10.7. The van der Waals surface area contributed by atoms with Crippen molar-refractivity contribution in [2.75, 3.05) is 6.61 Å². The van der Waals surface area contributed by atoms with E-state index >= 15 is 0 Å². The maximum Gasteiger partial charge on any atom is 0.271 e. The molecule has 2 aromatic rings. The number of ether oxygens (including phenoxy) is 1. The first-order valence-electron chi connectivity index (χ1n) is 6.61. The van der Waals surface area contributed by atoms with Gasteiger partial charge >= 0.3 is 0 Å². The van der Waals surface area contributed by atoms with Crippen molar-refractivity contribution >= 4 is 44.0 Å². The second-order valence-corrected chi connectivity index (χ2v) is 6.15. The van der Waals surface area contributed by atoms with E-state index in [1.807, 2.05) is 25.1 Å². The summed E-state index contributed by atoms with van der Waals surface area (Å²) < 4.78 is 7.35. The summed E-state index contributed by atoms with van der Waals surface area (Å²) >= 11 is 6.73. The van der Waals surface area contributed by atoms with E-state index in [1.165, 1.54) is 0 Å². The molecule has 22 heavy (non-hydrogen) atoms. The van der Waals surface area contributed by atoms with Crippen LogP contribution >= 0.6 is 31.9 Å². The van der Waals surface area contributed by atoms with Crippen LogP contribution in [0.4, 0.5) is 0 Å². The molecule has 0 aliphatic carbocycles. The van der Waals surface area contributed by atoms with Crippen molar-refractivity contribution in [3.8, 4) is 5.75 Å². The molecule has 0 aliphatic rings. The van der Waals surface area contributed by atoms with Crippen LogP contribution in [0.15, 0.2) is 56.5 Å². The molecule has 1 N–H and O–H groups in total. The van der Waals surface area contributed by atoms with Crippen molar-refractivity contribution in [2.24, 2.45) is 5.10 Å². The van der Waals surface area contributed by atoms with Crippen LogP contribution in [0.5, 0.6) is 5.75 Å². The molecule has 0 atom stereocenters. The molecule has 0 aromatic heterocycles. The molecule has 0 heterocycles. The fourth-order valence-corrected chi connectivity index (χ4v) is 2.38. The van der Waals surface area contributed by atoms with E-state index in [4.69, 9.17) is 4.74 Å². The van der Waals surface area contributed by atoms with Crippen LogP contribution in [0.1, 0.15) is 22.8 Å². The summed E-state index contributed by atoms with van der Waals surface area (Å²) in [5.74, 6) is 0.448. The number of nitrogens with one attached hydrogen (secondary N) is 1. The topological polar surface area (TPSA) is 50.7 Å². The average molecular weight is 426 g/mol. The van der Waals surface area contributed by atoms with Gasteiger partial charge in [0.05, 0.1) is 12.8 Å². The lowest BCUT2D eigenvalue weighted by atomic mass is 10.2. The first-order valence-corrected chi connectivity index (χ1v) is 8.20. The van der Waals surface area contributed by atoms with Gasteiger partial charge in [0, 0.05) is 20.1 Å². The molecule has 2 aromatic carbocycles. The smallest absolute Gasteiger partial charge is 0.271 e. The first kappa shape index (κ1) is 16.7. The van der Waals surface area contributed by atoms with Crippen LogP contribution in [0, 0.1) is 0 Å². The molecule has 0 radical (unpaired) electrons. The predicted octanol–water partition coefficient (Wildman–Crippen LogP) is 4.37. The van der Waals surface area contributed by atoms with Gasteiger partial charge in [-0.1, -0.05) is 31.9 Å². The van der Waals surface area contributed by atoms with Crippen LogP contribution in [-0.4, -0.2) is 18.7 Å². The third-order valence-corrected chi connectivity index (χ3v) is 3.77. The van der Waals surface area contributed by atoms with E-state index in [-0.39, 0.29) is 5.91 Å². The maximum atomic E-state index is 11.9. The zero-order chi connectivity index (χ0) is 15.9. The Morgan fingerprint density at radius 3 is 2.55 bits per heavy atom. The molecule has 0 unspecified atom stereocenters. The van der Waals surface area contributed by atoms with E-state index in [0.717, 1.165) is 14.5 Å². The summed E-state index contributed by atoms with van der Waals surface area (Å²) in [6.07, 6.45) is 1.56. The third-order valence-electron chi connectivity index (χ3n) is 2.75. The molecular formula is C16H14Br2N2O2. The molecule has 0 spiro atoms. The fourth-order valence-electron chi connectivity index (χ4n) is 1.73. The number of hydrogen-bond donors (Lipinski definition) is 1. The van der Waals surface area contributed by atoms with Gasteiger partial charge in [-0.2, -0.15) is 5.10 Å². The molecule has 2 rings (SSSR count). The minimum absolute atomic E-state index is 0.267. The Labute approximate surface area is 145 Å². The highest BCUT2D eigenvalue weighted by Gasteiger charge is 2.04. The van der Waals surface area contributed by atoms with Crippen LogP contribution in [0.2, 0.25) is 0 Å². The number of benzene rings is 2. The van der Waals surface area contributed by atoms with Crippen LogP contribution in [0.3, 0.4) is 0 Å². The molecular weight excluding hydrogens is 412 g/mol. The molecule has 0 aliphatic heterocycles. The first-order chi connectivity index (χ1) is 10.6. The number of nitrogens with zero attached hydrogens (tertiary/aromatic N) is 1. The summed E-state index contributed by atoms with van der Waals surface area (Å²) in [6.45, 7) is 2.48. The van der Waals surface area contributed by atoms with Crippen LogP contribution < -0.4 is 10.2 Å². The summed E-state index contributed by atoms with van der Waals surface area (Å²) in [5, 5.41) is 3.99. The highest BCUT2D eigenvalue weighted by atomic mass is 79.9. The van der Waals surface area contributed by atoms with Gasteiger partial charge in [0.25, 0.3) is 5.91 Å². The van der Waals surface area contributed by atoms with E-state index < -0.39 is 0 Å². The highest BCUT2D eigenvalue weighted by molar-refractivity contribution is 9.10. The Morgan fingerprint density at radius 1 is 1.18 bits per heavy atom. The summed E-state index contributed by atoms with van der Waals surface area (Å²) in [5.41, 5.74) is 3.83. The number of halogens is 2. The summed E-state index contributed by atoms with van der Waals surface area (Å²) in [4.78, 5) is 11.9. The van der Waals surface area contributed by atoms with Gasteiger partial charge in [-0.3, -0.25) is 4.79 Å². The van der Waals surface area contributed by atoms with E-state index in [1.54, 1.807) is 30.5 Å². The minimum atomic E-state index is -0.267. The monoisotopic (exact) mass is 424 g/mol. The lowest BCUT2D eigenvalue weighted by molar-refractivity contribution is 0.0955. The molecule has 6 heteroatoms. The Bertz CT molecular complexity index is 685. The minimum Gasteiger partial charge on any atom is -0.493 e. The zero-order valence-corrected chi connectivity index (χ0v) is 15.0. The van der Waals surface area contributed by atoms with E-state index in [9.17, 15) is 4.79 Å². The van der Waals surface area contributed by atoms with Crippen molar-refractivity contribution in [1.82, 2.24) is 5.43 Å². The largest absolute Gasteiger partial charge is 0.493 e. The molecule has 4 nitrogen and oxygen atoms in total. The molecule has 0 saturated carbocycles. The molecule has 114 valence electrons. The fraction of sp³-hybridized carbons (Fsp3) is 0.125. The van der Waals surface area contributed by atoms with Crippen LogP contribution in [-0.2, 0) is 0 Å². The Hall–Kier alpha value is -1.66. The van der Waals surface area contributed by atoms with Gasteiger partial charge in [0.15, 0.2) is 0 Å². The standard InChI is InChI=1S/C16H14Br2N2O2/c1-2-22-15-8-7-14(18)9-12(15)10-19-20-16(21)11-3-5-13(17)6-4-11/h3-10H,2H2,1H3,(H,20,21). The second-order valence-electron chi connectivity index (χ2n) is 4.32. The van der Waals surface area contributed by atoms with Gasteiger partial charge in [-0.05, 0) is 49.4 Å². The van der Waals surface area contributed by atoms with E-state index in [0.29, 0.717) is 17.9 Å². The lowest BCUT2D eigenvalue weighted by Gasteiger charge is -2.07. The summed E-state index contributed by atoms with van der Waals surface area (Å²) in [6, 6.07) is 12.7. The van der Waals surface area contributed by atoms with Crippen molar-refractivity contribution in [1.29, 1.82) is 0 Å². The van der Waals surface area contributed by atoms with Gasteiger partial charge in [0.1, 0.15) is 5.75 Å². The number of rotatable bonds is 5. The number of carbonyl (C=O) groups excluding carboxylic acids is 1. The predicted molar refractivity (Wildman–Crippen MR) is 94.5 cm³/mol. The van der Waals surface area contributed by atoms with E-state index in [2.05, 4.69) is 42.4 Å². The van der Waals surface area contributed by atoms with Crippen molar-refractivity contribution in [3.63, 3.8) is 0 Å². The number of amides is 1. The quantitative estimate of drug-likeness (QED) is 0.571. The molecule has 0 bridgehead atoms. The Morgan fingerprint density at radius 2 is 1.86 bits per heavy atom. The third kappa shape index (κ3) is 4.68. The van der Waals surface area contributed by atoms with Gasteiger partial charge < -0.3 is 4.74 Å². The second kappa shape index (κ2) is 8.10. The Kier molecular flexibility index (Phi) is 6.15. The average Bonchev–Trinajstić information content (AvgIpc) is 2.50. The molecule has 0 fully saturated rings. The SMILES string of the molecule is CCOc1ccc(Br)cc1C=NNC(=O)c1ccc(Br)cc1. The number of hydrogen-bond acceptors (Lipinski definition) is 3. The zero-order valence-electron chi connectivity index (χ0n) is 11.8. The number of hydrazone groups is 1. The molecule has 1 amide bonds. The Balaban J connectivity index is 2.07. The van der Waals surface area contributed by atoms with Gasteiger partial charge in [-0.25, -0.2) is 5.43 Å².